The number of aromatic nitrogens is 2. The van der Waals surface area contributed by atoms with Crippen molar-refractivity contribution < 1.29 is 34.0 Å². The van der Waals surface area contributed by atoms with E-state index in [4.69, 9.17) is 19.8 Å². The van der Waals surface area contributed by atoms with E-state index in [1.165, 1.54) is 23.5 Å². The second-order valence-electron chi connectivity index (χ2n) is 3.97. The number of aryl methyl sites for hydroxylation is 1. The third-order valence-corrected chi connectivity index (χ3v) is 4.39. The first kappa shape index (κ1) is 18.5. The third kappa shape index (κ3) is 5.98. The summed E-state index contributed by atoms with van der Waals surface area (Å²) in [4.78, 5) is 18.2. The van der Waals surface area contributed by atoms with Gasteiger partial charge in [-0.25, -0.2) is 13.2 Å². The lowest BCUT2D eigenvalue weighted by molar-refractivity contribution is -0.303. The maximum absolute atomic E-state index is 11.9. The second kappa shape index (κ2) is 7.62. The van der Waals surface area contributed by atoms with Gasteiger partial charge in [-0.1, -0.05) is 11.3 Å². The highest BCUT2D eigenvalue weighted by Gasteiger charge is 2.16. The van der Waals surface area contributed by atoms with Crippen LogP contribution in [0.3, 0.4) is 0 Å². The molecule has 0 radical (unpaired) electrons. The lowest BCUT2D eigenvalue weighted by Crippen LogP contribution is -2.39. The summed E-state index contributed by atoms with van der Waals surface area (Å²) in [5.41, 5.74) is 4.46. The molecule has 2 rings (SSSR count). The van der Waals surface area contributed by atoms with Gasteiger partial charge in [-0.05, 0) is 19.1 Å². The van der Waals surface area contributed by atoms with E-state index < -0.39 is 22.0 Å². The Labute approximate surface area is 134 Å². The average molecular weight is 360 g/mol. The molecule has 124 valence electrons. The molecule has 0 atom stereocenters. The maximum Gasteiger partial charge on any atom is 0.351 e. The number of carbonyl (C=O) groups is 2. The van der Waals surface area contributed by atoms with Gasteiger partial charge in [0.05, 0.1) is 4.90 Å². The number of nitrogens with one attached hydrogen (secondary N) is 1. The van der Waals surface area contributed by atoms with Gasteiger partial charge in [0.25, 0.3) is 10.0 Å². The highest BCUT2D eigenvalue weighted by atomic mass is 32.2. The average Bonchev–Trinajstić information content (AvgIpc) is 2.84. The van der Waals surface area contributed by atoms with Gasteiger partial charge in [0.1, 0.15) is 10.7 Å². The van der Waals surface area contributed by atoms with Crippen LogP contribution in [-0.4, -0.2) is 35.7 Å². The molecule has 0 amide bonds. The third-order valence-electron chi connectivity index (χ3n) is 2.16. The first-order valence-corrected chi connectivity index (χ1v) is 8.11. The number of carbonyl (C=O) groups excluding carboxylic acids is 1. The predicted molar refractivity (Wildman–Crippen MR) is 77.1 cm³/mol. The lowest BCUT2D eigenvalue weighted by Gasteiger charge is -2.03. The van der Waals surface area contributed by atoms with Crippen molar-refractivity contribution in [3.05, 3.63) is 29.3 Å². The number of hydrogen-bond acceptors (Lipinski definition) is 8. The van der Waals surface area contributed by atoms with Crippen molar-refractivity contribution in [3.63, 3.8) is 0 Å². The molecular formula is C11H12N4O6S2. The van der Waals surface area contributed by atoms with Crippen LogP contribution < -0.4 is 15.6 Å². The van der Waals surface area contributed by atoms with Crippen LogP contribution in [0.15, 0.2) is 29.2 Å². The van der Waals surface area contributed by atoms with Crippen LogP contribution in [0.5, 0.6) is 0 Å². The summed E-state index contributed by atoms with van der Waals surface area (Å²) in [6, 6.07) is 6.27. The Balaban J connectivity index is 0.000000379. The number of rotatable bonds is 3. The number of sulfonamides is 1. The molecule has 1 aromatic carbocycles. The quantitative estimate of drug-likeness (QED) is 0.544. The van der Waals surface area contributed by atoms with Crippen molar-refractivity contribution in [1.82, 2.24) is 10.2 Å². The van der Waals surface area contributed by atoms with E-state index in [1.54, 1.807) is 19.1 Å². The molecule has 0 fully saturated rings. The number of benzene rings is 1. The standard InChI is InChI=1S/C9H10N4O2S2.C2H2O4/c1-6-11-12-9(16-6)13-17(14,15)8-4-2-7(10)3-5-8;3-1(4)2(5)6/h2-5H,10H2,1H3,(H,12,13);(H,3,4)(H,5,6). The fourth-order valence-electron chi connectivity index (χ4n) is 1.18. The molecule has 0 spiro atoms. The summed E-state index contributed by atoms with van der Waals surface area (Å²) < 4.78 is 26.2. The molecule has 0 bridgehead atoms. The molecule has 10 nitrogen and oxygen atoms in total. The van der Waals surface area contributed by atoms with Crippen molar-refractivity contribution in [2.75, 3.05) is 4.72 Å². The summed E-state index contributed by atoms with van der Waals surface area (Å²) >= 11 is 1.19. The van der Waals surface area contributed by atoms with E-state index in [-0.39, 0.29) is 10.0 Å². The second-order valence-corrected chi connectivity index (χ2v) is 6.83. The smallest absolute Gasteiger partial charge is 0.351 e. The number of aliphatic carboxylic acids is 2. The topological polar surface area (TPSA) is 177 Å². The zero-order chi connectivity index (χ0) is 17.6. The van der Waals surface area contributed by atoms with E-state index in [1.807, 2.05) is 0 Å². The molecule has 12 heteroatoms. The zero-order valence-corrected chi connectivity index (χ0v) is 13.3. The first-order chi connectivity index (χ1) is 10.6. The van der Waals surface area contributed by atoms with Gasteiger partial charge in [0.15, 0.2) is 5.97 Å². The van der Waals surface area contributed by atoms with Gasteiger partial charge in [0, 0.05) is 12.1 Å². The minimum atomic E-state index is -3.59. The lowest BCUT2D eigenvalue weighted by atomic mass is 10.3. The molecule has 1 heterocycles. The Kier molecular flexibility index (Phi) is 6.12. The van der Waals surface area contributed by atoms with E-state index in [0.717, 1.165) is 5.69 Å². The molecule has 0 saturated heterocycles. The van der Waals surface area contributed by atoms with E-state index in [9.17, 15) is 8.42 Å². The minimum Gasteiger partial charge on any atom is -0.539 e. The van der Waals surface area contributed by atoms with Crippen molar-refractivity contribution in [2.24, 2.45) is 0 Å². The molecule has 2 aromatic rings. The number of hydrogen-bond donors (Lipinski definition) is 3. The first-order valence-electron chi connectivity index (χ1n) is 5.81. The molecule has 0 aliphatic carbocycles. The molecule has 23 heavy (non-hydrogen) atoms. The number of carboxylic acid groups (broad SMARTS) is 2. The minimum absolute atomic E-state index is 0.178. The van der Waals surface area contributed by atoms with E-state index >= 15 is 0 Å². The molecule has 0 aliphatic heterocycles. The van der Waals surface area contributed by atoms with Gasteiger partial charge in [-0.3, -0.25) is 4.72 Å². The Morgan fingerprint density at radius 2 is 1.78 bits per heavy atom. The van der Waals surface area contributed by atoms with Gasteiger partial charge in [-0.15, -0.1) is 10.2 Å². The van der Waals surface area contributed by atoms with Crippen LogP contribution in [-0.2, 0) is 19.6 Å². The summed E-state index contributed by atoms with van der Waals surface area (Å²) in [5, 5.41) is 24.7. The molecule has 0 aliphatic rings. The van der Waals surface area contributed by atoms with Gasteiger partial charge in [-0.2, -0.15) is 0 Å². The van der Waals surface area contributed by atoms with E-state index in [0.29, 0.717) is 5.01 Å². The Bertz CT molecular complexity index is 788. The molecule has 1 aromatic heterocycles. The fourth-order valence-corrected chi connectivity index (χ4v) is 3.00. The summed E-state index contributed by atoms with van der Waals surface area (Å²) in [6.45, 7) is 1.76. The highest BCUT2D eigenvalue weighted by molar-refractivity contribution is 7.93. The number of carboxylic acids is 2. The van der Waals surface area contributed by atoms with Gasteiger partial charge >= 0.3 is 5.97 Å². The normalized spacial score (nSPS) is 10.3. The Morgan fingerprint density at radius 3 is 2.17 bits per heavy atom. The van der Waals surface area contributed by atoms with Crippen LogP contribution in [0.1, 0.15) is 5.01 Å². The Morgan fingerprint density at radius 1 is 1.26 bits per heavy atom. The fraction of sp³-hybridized carbons (Fsp3) is 0.0909. The van der Waals surface area contributed by atoms with Crippen LogP contribution in [0.25, 0.3) is 0 Å². The number of nitrogens with zero attached hydrogens (tertiary/aromatic N) is 2. The zero-order valence-electron chi connectivity index (χ0n) is 11.7. The van der Waals surface area contributed by atoms with Crippen molar-refractivity contribution in [1.29, 1.82) is 0 Å². The molecule has 0 unspecified atom stereocenters. The summed E-state index contributed by atoms with van der Waals surface area (Å²) in [6.07, 6.45) is 0. The molecular weight excluding hydrogens is 348 g/mol. The van der Waals surface area contributed by atoms with Crippen molar-refractivity contribution >= 4 is 44.1 Å². The molecule has 0 saturated carbocycles. The Hall–Kier alpha value is -2.57. The number of anilines is 1. The predicted octanol–water partition coefficient (Wildman–Crippen LogP) is -1.66. The van der Waals surface area contributed by atoms with Gasteiger partial charge < -0.3 is 20.7 Å². The monoisotopic (exact) mass is 360 g/mol. The maximum atomic E-state index is 11.9. The van der Waals surface area contributed by atoms with Crippen molar-refractivity contribution in [3.8, 4) is 0 Å². The SMILES string of the molecule is Cc1nnc(NS(=O)(=O)c2ccc([NH3+])cc2)s1.O=C([O-])C(=O)O. The van der Waals surface area contributed by atoms with Crippen molar-refractivity contribution in [2.45, 2.75) is 11.8 Å². The summed E-state index contributed by atoms with van der Waals surface area (Å²) in [5.74, 6) is -4.01. The number of quaternary nitrogens is 1. The largest absolute Gasteiger partial charge is 0.539 e. The van der Waals surface area contributed by atoms with E-state index in [2.05, 4.69) is 20.7 Å². The molecule has 5 N–H and O–H groups in total. The van der Waals surface area contributed by atoms with Crippen LogP contribution in [0.4, 0.5) is 10.8 Å². The summed E-state index contributed by atoms with van der Waals surface area (Å²) in [7, 11) is -3.59. The highest BCUT2D eigenvalue weighted by Crippen LogP contribution is 2.19. The van der Waals surface area contributed by atoms with Crippen LogP contribution in [0.2, 0.25) is 0 Å². The van der Waals surface area contributed by atoms with Gasteiger partial charge in [0.2, 0.25) is 5.13 Å². The van der Waals surface area contributed by atoms with Crippen LogP contribution in [0, 0.1) is 6.92 Å². The van der Waals surface area contributed by atoms with Crippen LogP contribution >= 0.6 is 11.3 Å².